The van der Waals surface area contributed by atoms with Gasteiger partial charge in [-0.15, -0.1) is 11.3 Å². The molecule has 0 saturated heterocycles. The van der Waals surface area contributed by atoms with Crippen molar-refractivity contribution in [1.29, 1.82) is 0 Å². The van der Waals surface area contributed by atoms with E-state index in [4.69, 9.17) is 5.11 Å². The number of carboxylic acid groups (broad SMARTS) is 1. The predicted molar refractivity (Wildman–Crippen MR) is 86.5 cm³/mol. The molecule has 0 aliphatic carbocycles. The van der Waals surface area contributed by atoms with Gasteiger partial charge in [0.25, 0.3) is 15.9 Å². The van der Waals surface area contributed by atoms with Gasteiger partial charge in [0.05, 0.1) is 15.3 Å². The normalized spacial score (nSPS) is 11.0. The van der Waals surface area contributed by atoms with Crippen LogP contribution in [0.3, 0.4) is 0 Å². The highest BCUT2D eigenvalue weighted by atomic mass is 32.2. The SMILES string of the molecule is CCNC(=O)c1cc(S(=O)(=O)Nc2cccc(C(=O)O)c2)cs1. The van der Waals surface area contributed by atoms with E-state index in [9.17, 15) is 18.0 Å². The predicted octanol–water partition coefficient (Wildman–Crippen LogP) is 2.00. The lowest BCUT2D eigenvalue weighted by Crippen LogP contribution is -2.21. The first-order valence-electron chi connectivity index (χ1n) is 6.56. The quantitative estimate of drug-likeness (QED) is 0.734. The van der Waals surface area contributed by atoms with Crippen molar-refractivity contribution in [3.63, 3.8) is 0 Å². The molecule has 0 bridgehead atoms. The van der Waals surface area contributed by atoms with E-state index in [-0.39, 0.29) is 26.9 Å². The van der Waals surface area contributed by atoms with Gasteiger partial charge in [0.2, 0.25) is 0 Å². The van der Waals surface area contributed by atoms with Gasteiger partial charge in [0.1, 0.15) is 0 Å². The Labute approximate surface area is 137 Å². The zero-order valence-electron chi connectivity index (χ0n) is 12.1. The van der Waals surface area contributed by atoms with Gasteiger partial charge in [-0.2, -0.15) is 0 Å². The maximum absolute atomic E-state index is 12.3. The molecule has 1 aromatic carbocycles. The van der Waals surface area contributed by atoms with Gasteiger partial charge < -0.3 is 10.4 Å². The van der Waals surface area contributed by atoms with Gasteiger partial charge in [-0.3, -0.25) is 9.52 Å². The standard InChI is InChI=1S/C14H14N2O5S2/c1-2-15-13(17)12-7-11(8-22-12)23(20,21)16-10-5-3-4-9(6-10)14(18)19/h3-8,16H,2H2,1H3,(H,15,17)(H,18,19). The molecule has 0 saturated carbocycles. The molecule has 9 heteroatoms. The number of thiophene rings is 1. The minimum Gasteiger partial charge on any atom is -0.478 e. The van der Waals surface area contributed by atoms with Crippen LogP contribution in [0.5, 0.6) is 0 Å². The third kappa shape index (κ3) is 4.08. The van der Waals surface area contributed by atoms with Crippen molar-refractivity contribution >= 4 is 38.9 Å². The minimum atomic E-state index is -3.90. The smallest absolute Gasteiger partial charge is 0.335 e. The lowest BCUT2D eigenvalue weighted by Gasteiger charge is -2.07. The van der Waals surface area contributed by atoms with Crippen molar-refractivity contribution in [1.82, 2.24) is 5.32 Å². The maximum atomic E-state index is 12.3. The zero-order valence-corrected chi connectivity index (χ0v) is 13.7. The molecule has 23 heavy (non-hydrogen) atoms. The Morgan fingerprint density at radius 2 is 2.00 bits per heavy atom. The van der Waals surface area contributed by atoms with Crippen LogP contribution in [0.1, 0.15) is 27.0 Å². The van der Waals surface area contributed by atoms with Crippen LogP contribution in [0.15, 0.2) is 40.6 Å². The largest absolute Gasteiger partial charge is 0.478 e. The molecule has 1 aromatic heterocycles. The van der Waals surface area contributed by atoms with E-state index in [1.807, 2.05) is 0 Å². The number of hydrogen-bond acceptors (Lipinski definition) is 5. The third-order valence-electron chi connectivity index (χ3n) is 2.81. The van der Waals surface area contributed by atoms with E-state index in [0.29, 0.717) is 6.54 Å². The number of amides is 1. The fraction of sp³-hybridized carbons (Fsp3) is 0.143. The van der Waals surface area contributed by atoms with Crippen LogP contribution >= 0.6 is 11.3 Å². The van der Waals surface area contributed by atoms with Crippen LogP contribution in [-0.2, 0) is 10.0 Å². The van der Waals surface area contributed by atoms with E-state index in [1.165, 1.54) is 35.7 Å². The molecular weight excluding hydrogens is 340 g/mol. The molecule has 1 amide bonds. The number of carbonyl (C=O) groups is 2. The van der Waals surface area contributed by atoms with Gasteiger partial charge in [0.15, 0.2) is 0 Å². The molecule has 0 unspecified atom stereocenters. The van der Waals surface area contributed by atoms with Crippen molar-refractivity contribution in [2.45, 2.75) is 11.8 Å². The van der Waals surface area contributed by atoms with Crippen LogP contribution in [0, 0.1) is 0 Å². The number of aromatic carboxylic acids is 1. The molecule has 122 valence electrons. The van der Waals surface area contributed by atoms with Crippen LogP contribution in [0.4, 0.5) is 5.69 Å². The number of benzene rings is 1. The van der Waals surface area contributed by atoms with E-state index in [0.717, 1.165) is 11.3 Å². The summed E-state index contributed by atoms with van der Waals surface area (Å²) < 4.78 is 26.9. The Kier molecular flexibility index (Phi) is 5.02. The van der Waals surface area contributed by atoms with Crippen molar-refractivity contribution in [2.24, 2.45) is 0 Å². The highest BCUT2D eigenvalue weighted by Crippen LogP contribution is 2.22. The molecule has 0 atom stereocenters. The zero-order chi connectivity index (χ0) is 17.0. The second-order valence-corrected chi connectivity index (χ2v) is 7.09. The summed E-state index contributed by atoms with van der Waals surface area (Å²) >= 11 is 1.02. The third-order valence-corrected chi connectivity index (χ3v) is 5.25. The van der Waals surface area contributed by atoms with Gasteiger partial charge in [0, 0.05) is 17.6 Å². The summed E-state index contributed by atoms with van der Waals surface area (Å²) in [5, 5.41) is 12.9. The Morgan fingerprint density at radius 1 is 1.26 bits per heavy atom. The van der Waals surface area contributed by atoms with Crippen molar-refractivity contribution in [3.05, 3.63) is 46.2 Å². The number of nitrogens with one attached hydrogen (secondary N) is 2. The van der Waals surface area contributed by atoms with Crippen LogP contribution in [-0.4, -0.2) is 31.9 Å². The summed E-state index contributed by atoms with van der Waals surface area (Å²) in [6, 6.07) is 6.74. The summed E-state index contributed by atoms with van der Waals surface area (Å²) in [5.41, 5.74) is 0.106. The minimum absolute atomic E-state index is 0.0291. The topological polar surface area (TPSA) is 113 Å². The second kappa shape index (κ2) is 6.80. The first-order valence-corrected chi connectivity index (χ1v) is 8.92. The summed E-state index contributed by atoms with van der Waals surface area (Å²) in [6.07, 6.45) is 0. The number of anilines is 1. The van der Waals surface area contributed by atoms with Crippen LogP contribution < -0.4 is 10.0 Å². The lowest BCUT2D eigenvalue weighted by molar-refractivity contribution is 0.0696. The highest BCUT2D eigenvalue weighted by Gasteiger charge is 2.19. The average Bonchev–Trinajstić information content (AvgIpc) is 2.98. The number of carboxylic acids is 1. The van der Waals surface area contributed by atoms with Crippen molar-refractivity contribution in [2.75, 3.05) is 11.3 Å². The summed E-state index contributed by atoms with van der Waals surface area (Å²) in [4.78, 5) is 22.8. The molecule has 2 rings (SSSR count). The van der Waals surface area contributed by atoms with Gasteiger partial charge in [-0.25, -0.2) is 13.2 Å². The van der Waals surface area contributed by atoms with E-state index >= 15 is 0 Å². The summed E-state index contributed by atoms with van der Waals surface area (Å²) in [6.45, 7) is 2.21. The van der Waals surface area contributed by atoms with Crippen molar-refractivity contribution in [3.8, 4) is 0 Å². The van der Waals surface area contributed by atoms with Crippen molar-refractivity contribution < 1.29 is 23.1 Å². The number of hydrogen-bond donors (Lipinski definition) is 3. The fourth-order valence-electron chi connectivity index (χ4n) is 1.76. The Hall–Kier alpha value is -2.39. The molecule has 0 fully saturated rings. The van der Waals surface area contributed by atoms with Gasteiger partial charge >= 0.3 is 5.97 Å². The highest BCUT2D eigenvalue weighted by molar-refractivity contribution is 7.92. The summed E-state index contributed by atoms with van der Waals surface area (Å²) in [7, 11) is -3.90. The maximum Gasteiger partial charge on any atom is 0.335 e. The van der Waals surface area contributed by atoms with Gasteiger partial charge in [-0.1, -0.05) is 6.07 Å². The van der Waals surface area contributed by atoms with Crippen LogP contribution in [0.2, 0.25) is 0 Å². The first-order chi connectivity index (χ1) is 10.8. The van der Waals surface area contributed by atoms with E-state index in [2.05, 4.69) is 10.0 Å². The molecule has 3 N–H and O–H groups in total. The molecule has 0 aliphatic heterocycles. The molecule has 0 radical (unpaired) electrons. The molecule has 0 aliphatic rings. The molecular formula is C14H14N2O5S2. The average molecular weight is 354 g/mol. The molecule has 1 heterocycles. The number of sulfonamides is 1. The number of carbonyl (C=O) groups excluding carboxylic acids is 1. The molecule has 7 nitrogen and oxygen atoms in total. The van der Waals surface area contributed by atoms with Gasteiger partial charge in [-0.05, 0) is 31.2 Å². The monoisotopic (exact) mass is 354 g/mol. The molecule has 2 aromatic rings. The fourth-order valence-corrected chi connectivity index (χ4v) is 4.00. The molecule has 0 spiro atoms. The summed E-state index contributed by atoms with van der Waals surface area (Å²) in [5.74, 6) is -1.49. The van der Waals surface area contributed by atoms with E-state index < -0.39 is 16.0 Å². The van der Waals surface area contributed by atoms with E-state index in [1.54, 1.807) is 6.92 Å². The Balaban J connectivity index is 2.24. The Morgan fingerprint density at radius 3 is 2.65 bits per heavy atom. The first kappa shape index (κ1) is 17.0. The number of rotatable bonds is 6. The lowest BCUT2D eigenvalue weighted by atomic mass is 10.2. The second-order valence-electron chi connectivity index (χ2n) is 4.50. The van der Waals surface area contributed by atoms with Crippen LogP contribution in [0.25, 0.3) is 0 Å². The Bertz CT molecular complexity index is 842.